The summed E-state index contributed by atoms with van der Waals surface area (Å²) < 4.78 is 0. The van der Waals surface area contributed by atoms with Crippen LogP contribution in [-0.4, -0.2) is 71.2 Å². The molecule has 0 atom stereocenters. The molecule has 1 aromatic rings. The van der Waals surface area contributed by atoms with E-state index in [-0.39, 0.29) is 12.6 Å². The number of carboxylic acid groups (broad SMARTS) is 1. The molecule has 2 aliphatic heterocycles. The van der Waals surface area contributed by atoms with E-state index in [9.17, 15) is 9.59 Å². The number of nitrogens with one attached hydrogen (secondary N) is 2. The number of hydrogen-bond donors (Lipinski definition) is 3. The van der Waals surface area contributed by atoms with Crippen LogP contribution < -0.4 is 10.6 Å². The summed E-state index contributed by atoms with van der Waals surface area (Å²) in [5.41, 5.74) is 3.05. The number of hydrogen-bond acceptors (Lipinski definition) is 5. The monoisotopic (exact) mass is 387 g/mol. The third-order valence-corrected chi connectivity index (χ3v) is 5.16. The zero-order valence-electron chi connectivity index (χ0n) is 16.2. The van der Waals surface area contributed by atoms with Crippen LogP contribution in [0.3, 0.4) is 0 Å². The number of carbonyl (C=O) groups is 2. The minimum Gasteiger partial charge on any atom is -0.480 e. The van der Waals surface area contributed by atoms with Gasteiger partial charge in [-0.2, -0.15) is 0 Å². The summed E-state index contributed by atoms with van der Waals surface area (Å²) in [6.07, 6.45) is 5.01. The van der Waals surface area contributed by atoms with Crippen molar-refractivity contribution < 1.29 is 14.7 Å². The molecule has 28 heavy (non-hydrogen) atoms. The summed E-state index contributed by atoms with van der Waals surface area (Å²) in [4.78, 5) is 31.2. The number of anilines is 1. The van der Waals surface area contributed by atoms with Gasteiger partial charge in [0.2, 0.25) is 0 Å². The fraction of sp³-hybridized carbons (Fsp3) is 0.550. The van der Waals surface area contributed by atoms with Crippen molar-refractivity contribution in [1.29, 1.82) is 0 Å². The van der Waals surface area contributed by atoms with E-state index >= 15 is 0 Å². The molecule has 0 radical (unpaired) electrons. The lowest BCUT2D eigenvalue weighted by molar-refractivity contribution is -0.138. The van der Waals surface area contributed by atoms with Crippen molar-refractivity contribution in [3.8, 4) is 0 Å². The second-order valence-corrected chi connectivity index (χ2v) is 7.33. The molecule has 0 aliphatic carbocycles. The molecule has 1 fully saturated rings. The van der Waals surface area contributed by atoms with Gasteiger partial charge >= 0.3 is 12.0 Å². The molecule has 3 heterocycles. The summed E-state index contributed by atoms with van der Waals surface area (Å²) in [5, 5.41) is 15.2. The van der Waals surface area contributed by atoms with Crippen LogP contribution in [-0.2, 0) is 17.6 Å². The highest BCUT2D eigenvalue weighted by atomic mass is 16.4. The molecule has 2 aliphatic rings. The maximum atomic E-state index is 12.3. The first kappa shape index (κ1) is 20.0. The molecule has 1 saturated heterocycles. The number of carbonyl (C=O) groups excluding carboxylic acids is 1. The Bertz CT molecular complexity index is 737. The third kappa shape index (κ3) is 5.37. The van der Waals surface area contributed by atoms with Gasteiger partial charge in [0.05, 0.1) is 6.54 Å². The van der Waals surface area contributed by atoms with E-state index < -0.39 is 5.97 Å². The highest BCUT2D eigenvalue weighted by Crippen LogP contribution is 2.20. The predicted octanol–water partition coefficient (Wildman–Crippen LogP) is 1.69. The average molecular weight is 387 g/mol. The molecule has 0 saturated carbocycles. The van der Waals surface area contributed by atoms with Crippen LogP contribution in [0.5, 0.6) is 0 Å². The van der Waals surface area contributed by atoms with Gasteiger partial charge in [0.1, 0.15) is 12.4 Å². The normalized spacial score (nSPS) is 16.4. The predicted molar refractivity (Wildman–Crippen MR) is 107 cm³/mol. The number of urea groups is 1. The van der Waals surface area contributed by atoms with Gasteiger partial charge in [-0.1, -0.05) is 12.6 Å². The molecule has 0 spiro atoms. The zero-order valence-corrected chi connectivity index (χ0v) is 16.2. The summed E-state index contributed by atoms with van der Waals surface area (Å²) in [6, 6.07) is 4.15. The molecular formula is C20H29N5O3. The van der Waals surface area contributed by atoms with E-state index in [1.807, 2.05) is 0 Å². The number of piperazine rings is 1. The molecule has 1 aromatic heterocycles. The lowest BCUT2D eigenvalue weighted by Gasteiger charge is -2.36. The smallest absolute Gasteiger partial charge is 0.323 e. The molecule has 0 bridgehead atoms. The molecule has 0 unspecified atom stereocenters. The Balaban J connectivity index is 1.34. The zero-order chi connectivity index (χ0) is 19.9. The number of fused-ring (bicyclic) bond motifs is 1. The van der Waals surface area contributed by atoms with E-state index in [4.69, 9.17) is 10.1 Å². The first-order valence-electron chi connectivity index (χ1n) is 9.93. The van der Waals surface area contributed by atoms with Gasteiger partial charge in [-0.3, -0.25) is 4.79 Å². The van der Waals surface area contributed by atoms with Crippen molar-refractivity contribution in [1.82, 2.24) is 20.1 Å². The molecule has 3 rings (SSSR count). The molecule has 2 amide bonds. The van der Waals surface area contributed by atoms with E-state index in [0.717, 1.165) is 50.2 Å². The quantitative estimate of drug-likeness (QED) is 0.616. The highest BCUT2D eigenvalue weighted by molar-refractivity contribution is 5.75. The Morgan fingerprint density at radius 1 is 1.29 bits per heavy atom. The number of pyridine rings is 1. The fourth-order valence-corrected chi connectivity index (χ4v) is 3.57. The Labute approximate surface area is 165 Å². The SMILES string of the molecule is C=C1CN(C(=O)NCCCCc2ccc3c(n2)NCCC3)CCN1CC(=O)O. The van der Waals surface area contributed by atoms with Crippen molar-refractivity contribution in [2.45, 2.75) is 32.1 Å². The Morgan fingerprint density at radius 2 is 2.14 bits per heavy atom. The van der Waals surface area contributed by atoms with Crippen LogP contribution in [0.25, 0.3) is 0 Å². The number of carboxylic acids is 1. The number of unbranched alkanes of at least 4 members (excludes halogenated alkanes) is 1. The summed E-state index contributed by atoms with van der Waals surface area (Å²) in [5.74, 6) is 0.141. The minimum atomic E-state index is -0.886. The first-order valence-corrected chi connectivity index (χ1v) is 9.93. The molecule has 8 nitrogen and oxygen atoms in total. The Hall–Kier alpha value is -2.77. The van der Waals surface area contributed by atoms with Gasteiger partial charge in [-0.15, -0.1) is 0 Å². The van der Waals surface area contributed by atoms with Crippen LogP contribution >= 0.6 is 0 Å². The lowest BCUT2D eigenvalue weighted by Crippen LogP contribution is -2.51. The van der Waals surface area contributed by atoms with Crippen molar-refractivity contribution >= 4 is 17.8 Å². The number of aliphatic carboxylic acids is 1. The summed E-state index contributed by atoms with van der Waals surface area (Å²) in [6.45, 7) is 6.79. The van der Waals surface area contributed by atoms with E-state index in [1.54, 1.807) is 9.80 Å². The van der Waals surface area contributed by atoms with Crippen LogP contribution in [0.1, 0.15) is 30.5 Å². The van der Waals surface area contributed by atoms with Crippen molar-refractivity contribution in [2.75, 3.05) is 44.6 Å². The maximum absolute atomic E-state index is 12.3. The van der Waals surface area contributed by atoms with Crippen molar-refractivity contribution in [3.05, 3.63) is 35.7 Å². The van der Waals surface area contributed by atoms with E-state index in [0.29, 0.717) is 31.9 Å². The van der Waals surface area contributed by atoms with Gasteiger partial charge in [0, 0.05) is 37.6 Å². The first-order chi connectivity index (χ1) is 13.5. The lowest BCUT2D eigenvalue weighted by atomic mass is 10.1. The van der Waals surface area contributed by atoms with Gasteiger partial charge in [0.25, 0.3) is 0 Å². The van der Waals surface area contributed by atoms with Gasteiger partial charge < -0.3 is 25.5 Å². The molecular weight excluding hydrogens is 358 g/mol. The van der Waals surface area contributed by atoms with Crippen LogP contribution in [0, 0.1) is 0 Å². The van der Waals surface area contributed by atoms with Crippen molar-refractivity contribution in [3.63, 3.8) is 0 Å². The topological polar surface area (TPSA) is 97.8 Å². The van der Waals surface area contributed by atoms with Gasteiger partial charge in [-0.25, -0.2) is 9.78 Å². The standard InChI is InChI=1S/C20H29N5O3/c1-15-13-25(12-11-24(15)14-18(26)27)20(28)22-9-3-2-6-17-8-7-16-5-4-10-21-19(16)23-17/h7-8H,1-6,9-14H2,(H,21,23)(H,22,28)(H,26,27). The van der Waals surface area contributed by atoms with Crippen LogP contribution in [0.4, 0.5) is 10.6 Å². The second kappa shape index (κ2) is 9.43. The van der Waals surface area contributed by atoms with Gasteiger partial charge in [-0.05, 0) is 43.7 Å². The molecule has 0 aromatic carbocycles. The Morgan fingerprint density at radius 3 is 2.93 bits per heavy atom. The van der Waals surface area contributed by atoms with E-state index in [2.05, 4.69) is 29.3 Å². The largest absolute Gasteiger partial charge is 0.480 e. The maximum Gasteiger partial charge on any atom is 0.323 e. The number of rotatable bonds is 7. The number of amides is 2. The number of aryl methyl sites for hydroxylation is 2. The van der Waals surface area contributed by atoms with Crippen LogP contribution in [0.2, 0.25) is 0 Å². The molecule has 152 valence electrons. The number of nitrogens with zero attached hydrogens (tertiary/aromatic N) is 3. The number of aromatic nitrogens is 1. The van der Waals surface area contributed by atoms with Crippen molar-refractivity contribution in [2.24, 2.45) is 0 Å². The summed E-state index contributed by atoms with van der Waals surface area (Å²) in [7, 11) is 0. The third-order valence-electron chi connectivity index (χ3n) is 5.16. The minimum absolute atomic E-state index is 0.0689. The summed E-state index contributed by atoms with van der Waals surface area (Å²) >= 11 is 0. The second-order valence-electron chi connectivity index (χ2n) is 7.33. The van der Waals surface area contributed by atoms with E-state index in [1.165, 1.54) is 5.56 Å². The van der Waals surface area contributed by atoms with Gasteiger partial charge in [0.15, 0.2) is 0 Å². The molecule has 3 N–H and O–H groups in total. The molecule has 8 heteroatoms. The van der Waals surface area contributed by atoms with Crippen LogP contribution in [0.15, 0.2) is 24.4 Å². The Kier molecular flexibility index (Phi) is 6.73. The highest BCUT2D eigenvalue weighted by Gasteiger charge is 2.24. The fourth-order valence-electron chi connectivity index (χ4n) is 3.57. The average Bonchev–Trinajstić information content (AvgIpc) is 2.68.